The quantitative estimate of drug-likeness (QED) is 0.656. The Hall–Kier alpha value is -1.95. The Balaban J connectivity index is 1.93. The molecule has 2 aromatic rings. The van der Waals surface area contributed by atoms with Crippen molar-refractivity contribution in [2.24, 2.45) is 0 Å². The fourth-order valence-corrected chi connectivity index (χ4v) is 2.57. The number of carbonyl (C=O) groups excluding carboxylic acids is 1. The van der Waals surface area contributed by atoms with Crippen molar-refractivity contribution in [1.29, 1.82) is 0 Å². The highest BCUT2D eigenvalue weighted by Gasteiger charge is 2.16. The number of amides is 1. The van der Waals surface area contributed by atoms with Crippen molar-refractivity contribution in [1.82, 2.24) is 20.3 Å². The Morgan fingerprint density at radius 2 is 1.95 bits per heavy atom. The highest BCUT2D eigenvalue weighted by Crippen LogP contribution is 2.18. The molecule has 1 amide bonds. The zero-order valence-corrected chi connectivity index (χ0v) is 12.9. The number of nitrogens with zero attached hydrogens (tertiary/aromatic N) is 3. The molecule has 0 spiro atoms. The number of aryl methyl sites for hydroxylation is 1. The highest BCUT2D eigenvalue weighted by atomic mass is 32.2. The molecule has 0 aliphatic heterocycles. The molecule has 21 heavy (non-hydrogen) atoms. The normalized spacial score (nSPS) is 11.9. The predicted octanol–water partition coefficient (Wildman–Crippen LogP) is 2.54. The minimum Gasteiger partial charge on any atom is -0.347 e. The molecule has 0 saturated heterocycles. The van der Waals surface area contributed by atoms with E-state index in [0.717, 1.165) is 17.7 Å². The van der Waals surface area contributed by atoms with Crippen LogP contribution in [0.15, 0.2) is 41.9 Å². The first-order valence-electron chi connectivity index (χ1n) is 6.81. The minimum atomic E-state index is -0.0593. The average Bonchev–Trinajstić information content (AvgIpc) is 2.52. The van der Waals surface area contributed by atoms with E-state index in [0.29, 0.717) is 10.9 Å². The number of hydrogen-bond donors (Lipinski definition) is 1. The van der Waals surface area contributed by atoms with Crippen molar-refractivity contribution in [3.8, 4) is 0 Å². The Kier molecular flexibility index (Phi) is 5.68. The summed E-state index contributed by atoms with van der Waals surface area (Å²) in [6.45, 7) is 4.04. The van der Waals surface area contributed by atoms with Crippen molar-refractivity contribution >= 4 is 17.7 Å². The summed E-state index contributed by atoms with van der Waals surface area (Å²) in [5.41, 5.74) is 2.01. The number of carbonyl (C=O) groups is 1. The Bertz CT molecular complexity index is 591. The van der Waals surface area contributed by atoms with Crippen LogP contribution < -0.4 is 5.32 Å². The fraction of sp³-hybridized carbons (Fsp3) is 0.333. The third-order valence-electron chi connectivity index (χ3n) is 3.00. The molecule has 0 aliphatic carbocycles. The van der Waals surface area contributed by atoms with Gasteiger partial charge in [-0.3, -0.25) is 9.78 Å². The molecular formula is C15H18N4OS. The molecule has 0 aromatic carbocycles. The third kappa shape index (κ3) is 4.53. The van der Waals surface area contributed by atoms with Crippen LogP contribution in [0.2, 0.25) is 0 Å². The number of nitrogens with one attached hydrogen (secondary N) is 1. The van der Waals surface area contributed by atoms with Gasteiger partial charge in [-0.15, -0.1) is 0 Å². The van der Waals surface area contributed by atoms with Crippen molar-refractivity contribution < 1.29 is 4.79 Å². The lowest BCUT2D eigenvalue weighted by molar-refractivity contribution is -0.119. The van der Waals surface area contributed by atoms with Crippen LogP contribution in [0.4, 0.5) is 0 Å². The summed E-state index contributed by atoms with van der Waals surface area (Å²) in [4.78, 5) is 24.6. The average molecular weight is 302 g/mol. The largest absolute Gasteiger partial charge is 0.347 e. The molecule has 1 atom stereocenters. The topological polar surface area (TPSA) is 67.8 Å². The first kappa shape index (κ1) is 15.4. The van der Waals surface area contributed by atoms with Gasteiger partial charge in [0.1, 0.15) is 0 Å². The van der Waals surface area contributed by atoms with Gasteiger partial charge in [0.05, 0.1) is 17.5 Å². The summed E-state index contributed by atoms with van der Waals surface area (Å²) in [6.07, 6.45) is 5.89. The van der Waals surface area contributed by atoms with Crippen LogP contribution in [0.5, 0.6) is 0 Å². The van der Waals surface area contributed by atoms with Crippen molar-refractivity contribution in [3.63, 3.8) is 0 Å². The lowest BCUT2D eigenvalue weighted by Crippen LogP contribution is -2.30. The number of thioether (sulfide) groups is 1. The van der Waals surface area contributed by atoms with E-state index in [4.69, 9.17) is 0 Å². The van der Waals surface area contributed by atoms with Gasteiger partial charge in [0.25, 0.3) is 0 Å². The van der Waals surface area contributed by atoms with Crippen LogP contribution in [-0.4, -0.2) is 26.6 Å². The van der Waals surface area contributed by atoms with Gasteiger partial charge in [-0.1, -0.05) is 24.8 Å². The molecule has 0 unspecified atom stereocenters. The number of pyridine rings is 1. The maximum Gasteiger partial charge on any atom is 0.231 e. The molecule has 2 aromatic heterocycles. The van der Waals surface area contributed by atoms with Gasteiger partial charge in [0.15, 0.2) is 5.16 Å². The molecule has 5 nitrogen and oxygen atoms in total. The standard InChI is InChI=1S/C15H18N4OS/c1-3-12(14-11(2)6-4-7-16-14)19-13(20)10-21-15-17-8-5-9-18-15/h4-9,12H,3,10H2,1-2H3,(H,19,20)/t12-/m1/s1. The Labute approximate surface area is 128 Å². The smallest absolute Gasteiger partial charge is 0.231 e. The fourth-order valence-electron chi connectivity index (χ4n) is 1.95. The summed E-state index contributed by atoms with van der Waals surface area (Å²) < 4.78 is 0. The van der Waals surface area contributed by atoms with Gasteiger partial charge < -0.3 is 5.32 Å². The van der Waals surface area contributed by atoms with Gasteiger partial charge in [0, 0.05) is 18.6 Å². The van der Waals surface area contributed by atoms with Crippen LogP contribution in [0.25, 0.3) is 0 Å². The monoisotopic (exact) mass is 302 g/mol. The van der Waals surface area contributed by atoms with E-state index in [1.54, 1.807) is 24.7 Å². The summed E-state index contributed by atoms with van der Waals surface area (Å²) in [5.74, 6) is 0.260. The SMILES string of the molecule is CC[C@@H](NC(=O)CSc1ncccn1)c1ncccc1C. The first-order valence-corrected chi connectivity index (χ1v) is 7.80. The highest BCUT2D eigenvalue weighted by molar-refractivity contribution is 7.99. The number of rotatable bonds is 6. The van der Waals surface area contributed by atoms with Crippen LogP contribution in [-0.2, 0) is 4.79 Å². The second-order valence-corrected chi connectivity index (χ2v) is 5.50. The van der Waals surface area contributed by atoms with E-state index in [9.17, 15) is 4.79 Å². The van der Waals surface area contributed by atoms with Gasteiger partial charge in [0.2, 0.25) is 5.91 Å². The molecule has 0 aliphatic rings. The van der Waals surface area contributed by atoms with Crippen molar-refractivity contribution in [2.75, 3.05) is 5.75 Å². The summed E-state index contributed by atoms with van der Waals surface area (Å²) in [6, 6.07) is 5.59. The van der Waals surface area contributed by atoms with E-state index in [1.165, 1.54) is 11.8 Å². The maximum atomic E-state index is 12.1. The molecular weight excluding hydrogens is 284 g/mol. The van der Waals surface area contributed by atoms with Crippen molar-refractivity contribution in [3.05, 3.63) is 48.0 Å². The molecule has 0 radical (unpaired) electrons. The Morgan fingerprint density at radius 3 is 2.62 bits per heavy atom. The molecule has 0 saturated carbocycles. The number of aromatic nitrogens is 3. The van der Waals surface area contributed by atoms with E-state index < -0.39 is 0 Å². The van der Waals surface area contributed by atoms with Crippen LogP contribution in [0.3, 0.4) is 0 Å². The van der Waals surface area contributed by atoms with E-state index >= 15 is 0 Å². The van der Waals surface area contributed by atoms with Gasteiger partial charge >= 0.3 is 0 Å². The molecule has 2 rings (SSSR count). The van der Waals surface area contributed by atoms with E-state index in [1.807, 2.05) is 26.0 Å². The summed E-state index contributed by atoms with van der Waals surface area (Å²) in [7, 11) is 0. The lowest BCUT2D eigenvalue weighted by Gasteiger charge is -2.18. The molecule has 0 bridgehead atoms. The van der Waals surface area contributed by atoms with E-state index in [2.05, 4.69) is 20.3 Å². The minimum absolute atomic E-state index is 0.0376. The molecule has 6 heteroatoms. The molecule has 1 N–H and O–H groups in total. The van der Waals surface area contributed by atoms with Crippen LogP contribution >= 0.6 is 11.8 Å². The molecule has 110 valence electrons. The summed E-state index contributed by atoms with van der Waals surface area (Å²) in [5, 5.41) is 3.62. The maximum absolute atomic E-state index is 12.1. The second-order valence-electron chi connectivity index (χ2n) is 4.55. The second kappa shape index (κ2) is 7.73. The first-order chi connectivity index (χ1) is 10.2. The predicted molar refractivity (Wildman–Crippen MR) is 82.9 cm³/mol. The van der Waals surface area contributed by atoms with Gasteiger partial charge in [-0.25, -0.2) is 9.97 Å². The Morgan fingerprint density at radius 1 is 1.24 bits per heavy atom. The van der Waals surface area contributed by atoms with Crippen LogP contribution in [0.1, 0.15) is 30.6 Å². The zero-order valence-electron chi connectivity index (χ0n) is 12.1. The number of hydrogen-bond acceptors (Lipinski definition) is 5. The van der Waals surface area contributed by atoms with E-state index in [-0.39, 0.29) is 11.9 Å². The third-order valence-corrected chi connectivity index (χ3v) is 3.87. The zero-order chi connectivity index (χ0) is 15.1. The molecule has 2 heterocycles. The molecule has 0 fully saturated rings. The lowest BCUT2D eigenvalue weighted by atomic mass is 10.1. The summed E-state index contributed by atoms with van der Waals surface area (Å²) >= 11 is 1.33. The van der Waals surface area contributed by atoms with Crippen LogP contribution in [0, 0.1) is 6.92 Å². The van der Waals surface area contributed by atoms with Crippen molar-refractivity contribution in [2.45, 2.75) is 31.5 Å². The van der Waals surface area contributed by atoms with Gasteiger partial charge in [-0.05, 0) is 31.0 Å². The van der Waals surface area contributed by atoms with Gasteiger partial charge in [-0.2, -0.15) is 0 Å².